The first-order chi connectivity index (χ1) is 20.8. The number of hydrogen-bond donors (Lipinski definition) is 0. The normalized spacial score (nSPS) is 21.3. The SMILES string of the molecule is C=S(=O)(c1ncn(C)n1)N(CC(F)(F)F)[C@H]1CCC2=Cc3c(nnn3-c3ccc(F)nc3)C[C@]2(C(=O)c2cc(C)ccn2)C1. The minimum Gasteiger partial charge on any atom is -0.291 e. The van der Waals surface area contributed by atoms with E-state index in [4.69, 9.17) is 0 Å². The maximum Gasteiger partial charge on any atom is 0.402 e. The van der Waals surface area contributed by atoms with Crippen molar-refractivity contribution in [2.45, 2.75) is 50.0 Å². The number of nitrogens with zero attached hydrogens (tertiary/aromatic N) is 9. The molecule has 4 aromatic rings. The molecule has 11 nitrogen and oxygen atoms in total. The zero-order valence-electron chi connectivity index (χ0n) is 23.7. The van der Waals surface area contributed by atoms with Crippen LogP contribution in [0.1, 0.15) is 46.7 Å². The van der Waals surface area contributed by atoms with Gasteiger partial charge in [-0.2, -0.15) is 17.6 Å². The first-order valence-electron chi connectivity index (χ1n) is 13.6. The lowest BCUT2D eigenvalue weighted by Crippen LogP contribution is -2.53. The highest BCUT2D eigenvalue weighted by Gasteiger charge is 2.53. The Bertz CT molecular complexity index is 1880. The molecule has 0 radical (unpaired) electrons. The number of aromatic nitrogens is 8. The van der Waals surface area contributed by atoms with Crippen LogP contribution in [0.3, 0.4) is 0 Å². The predicted octanol–water partition coefficient (Wildman–Crippen LogP) is 3.55. The molecule has 4 aromatic heterocycles. The number of allylic oxidation sites excluding steroid dienone is 1. The van der Waals surface area contributed by atoms with Crippen LogP contribution in [-0.4, -0.2) is 78.7 Å². The molecule has 0 saturated heterocycles. The number of carbonyl (C=O) groups is 1. The summed E-state index contributed by atoms with van der Waals surface area (Å²) in [6, 6.07) is 5.05. The van der Waals surface area contributed by atoms with Crippen LogP contribution in [0.15, 0.2) is 53.7 Å². The molecule has 1 unspecified atom stereocenters. The average Bonchev–Trinajstić information content (AvgIpc) is 3.60. The fourth-order valence-corrected chi connectivity index (χ4v) is 7.70. The predicted molar refractivity (Wildman–Crippen MR) is 151 cm³/mol. The number of halogens is 4. The van der Waals surface area contributed by atoms with Gasteiger partial charge < -0.3 is 0 Å². The van der Waals surface area contributed by atoms with Crippen molar-refractivity contribution in [1.82, 2.24) is 44.0 Å². The second-order valence-electron chi connectivity index (χ2n) is 11.1. The van der Waals surface area contributed by atoms with E-state index in [1.165, 1.54) is 47.3 Å². The van der Waals surface area contributed by atoms with Gasteiger partial charge in [-0.1, -0.05) is 10.8 Å². The van der Waals surface area contributed by atoms with Crippen molar-refractivity contribution in [3.63, 3.8) is 0 Å². The minimum absolute atomic E-state index is 0.00771. The first-order valence-corrected chi connectivity index (χ1v) is 15.3. The molecule has 0 aromatic carbocycles. The largest absolute Gasteiger partial charge is 0.402 e. The fourth-order valence-electron chi connectivity index (χ4n) is 6.01. The molecule has 44 heavy (non-hydrogen) atoms. The van der Waals surface area contributed by atoms with E-state index in [0.29, 0.717) is 22.6 Å². The van der Waals surface area contributed by atoms with Crippen molar-refractivity contribution >= 4 is 27.4 Å². The third-order valence-electron chi connectivity index (χ3n) is 8.03. The summed E-state index contributed by atoms with van der Waals surface area (Å²) < 4.78 is 73.1. The Hall–Kier alpha value is -4.31. The summed E-state index contributed by atoms with van der Waals surface area (Å²) in [6.45, 7) is 0.268. The molecule has 2 aliphatic rings. The number of pyridine rings is 2. The smallest absolute Gasteiger partial charge is 0.291 e. The van der Waals surface area contributed by atoms with Gasteiger partial charge in [0.15, 0.2) is 5.78 Å². The summed E-state index contributed by atoms with van der Waals surface area (Å²) in [6.07, 6.45) is 1.32. The Balaban J connectivity index is 1.46. The first kappa shape index (κ1) is 29.7. The highest BCUT2D eigenvalue weighted by Crippen LogP contribution is 2.51. The van der Waals surface area contributed by atoms with E-state index < -0.39 is 39.8 Å². The molecule has 0 amide bonds. The molecule has 0 bridgehead atoms. The van der Waals surface area contributed by atoms with Gasteiger partial charge in [-0.15, -0.1) is 10.2 Å². The topological polar surface area (TPSA) is 125 Å². The Labute approximate surface area is 249 Å². The van der Waals surface area contributed by atoms with Gasteiger partial charge in [0.2, 0.25) is 11.1 Å². The number of Topliss-reactive ketones (excluding diaryl/α,β-unsaturated/α-hetero) is 1. The van der Waals surface area contributed by atoms with E-state index in [0.717, 1.165) is 9.87 Å². The number of rotatable bonds is 7. The van der Waals surface area contributed by atoms with Gasteiger partial charge in [-0.25, -0.2) is 23.2 Å². The average molecular weight is 630 g/mol. The van der Waals surface area contributed by atoms with E-state index in [1.807, 2.05) is 0 Å². The van der Waals surface area contributed by atoms with Gasteiger partial charge >= 0.3 is 6.18 Å². The van der Waals surface area contributed by atoms with Crippen LogP contribution in [-0.2, 0) is 23.2 Å². The van der Waals surface area contributed by atoms with Gasteiger partial charge in [0.25, 0.3) is 0 Å². The highest BCUT2D eigenvalue weighted by atomic mass is 32.2. The van der Waals surface area contributed by atoms with E-state index in [-0.39, 0.29) is 42.3 Å². The summed E-state index contributed by atoms with van der Waals surface area (Å²) in [4.78, 5) is 26.4. The molecule has 1 saturated carbocycles. The van der Waals surface area contributed by atoms with Gasteiger partial charge in [0.05, 0.1) is 38.4 Å². The van der Waals surface area contributed by atoms with Crippen LogP contribution >= 0.6 is 0 Å². The number of carbonyl (C=O) groups excluding carboxylic acids is 1. The quantitative estimate of drug-likeness (QED) is 0.132. The van der Waals surface area contributed by atoms with Gasteiger partial charge in [-0.05, 0) is 68.0 Å². The number of alkyl halides is 3. The highest BCUT2D eigenvalue weighted by molar-refractivity contribution is 7.98. The van der Waals surface area contributed by atoms with Crippen LogP contribution in [0.2, 0.25) is 0 Å². The van der Waals surface area contributed by atoms with E-state index in [2.05, 4.69) is 36.2 Å². The molecule has 3 atom stereocenters. The Morgan fingerprint density at radius 2 is 2.02 bits per heavy atom. The van der Waals surface area contributed by atoms with Crippen LogP contribution in [0.25, 0.3) is 11.8 Å². The maximum atomic E-state index is 14.4. The van der Waals surface area contributed by atoms with Crippen molar-refractivity contribution in [3.05, 3.63) is 77.2 Å². The van der Waals surface area contributed by atoms with Crippen LogP contribution < -0.4 is 0 Å². The maximum absolute atomic E-state index is 14.4. The monoisotopic (exact) mass is 629 g/mol. The van der Waals surface area contributed by atoms with E-state index >= 15 is 0 Å². The van der Waals surface area contributed by atoms with E-state index in [9.17, 15) is 26.6 Å². The summed E-state index contributed by atoms with van der Waals surface area (Å²) >= 11 is 0. The molecule has 16 heteroatoms. The Morgan fingerprint density at radius 3 is 2.68 bits per heavy atom. The van der Waals surface area contributed by atoms with Gasteiger partial charge in [0, 0.05) is 25.7 Å². The van der Waals surface area contributed by atoms with Crippen LogP contribution in [0.4, 0.5) is 17.6 Å². The third-order valence-corrected chi connectivity index (χ3v) is 9.97. The van der Waals surface area contributed by atoms with Crippen molar-refractivity contribution in [1.29, 1.82) is 0 Å². The zero-order chi connectivity index (χ0) is 31.4. The molecule has 0 N–H and O–H groups in total. The molecule has 2 aliphatic carbocycles. The van der Waals surface area contributed by atoms with Crippen LogP contribution in [0.5, 0.6) is 0 Å². The number of ketones is 1. The third kappa shape index (κ3) is 5.32. The summed E-state index contributed by atoms with van der Waals surface area (Å²) in [5.74, 6) is 2.62. The Morgan fingerprint density at radius 1 is 1.23 bits per heavy atom. The molecule has 6 rings (SSSR count). The number of hydrogen-bond acceptors (Lipinski definition) is 8. The van der Waals surface area contributed by atoms with Crippen molar-refractivity contribution in [3.8, 4) is 5.69 Å². The van der Waals surface area contributed by atoms with Gasteiger partial charge in [-0.3, -0.25) is 14.5 Å². The summed E-state index contributed by atoms with van der Waals surface area (Å²) in [5.41, 5.74) is 1.65. The Kier molecular flexibility index (Phi) is 7.23. The molecule has 0 spiro atoms. The lowest BCUT2D eigenvalue weighted by molar-refractivity contribution is -0.140. The number of aryl methyl sites for hydroxylation is 2. The van der Waals surface area contributed by atoms with E-state index in [1.54, 1.807) is 25.1 Å². The standard InChI is InChI=1S/C28H27F4N9O2S/c1-17-8-9-33-21(10-17)25(42)27-12-19(40(15-28(30,31)32)44(3,43)26-35-16-39(2)37-26)5-4-18(27)11-23-22(13-27)36-38-41(23)20-6-7-24(29)34-14-20/h6-11,14,16,19H,3-5,12-13,15H2,1-2H3/t19-,27+,44?/m0/s1. The summed E-state index contributed by atoms with van der Waals surface area (Å²) in [5, 5.41) is 12.2. The molecular formula is C28H27F4N9O2S. The molecular weight excluding hydrogens is 602 g/mol. The second kappa shape index (κ2) is 10.7. The fraction of sp³-hybridized carbons (Fsp3) is 0.357. The summed E-state index contributed by atoms with van der Waals surface area (Å²) in [7, 11) is -2.31. The number of fused-ring (bicyclic) bond motifs is 2. The second-order valence-corrected chi connectivity index (χ2v) is 13.2. The van der Waals surface area contributed by atoms with Crippen LogP contribution in [0, 0.1) is 18.3 Å². The lowest BCUT2D eigenvalue weighted by atomic mass is 9.61. The minimum atomic E-state index is -4.73. The molecule has 4 heterocycles. The zero-order valence-corrected chi connectivity index (χ0v) is 24.5. The molecule has 230 valence electrons. The lowest BCUT2D eigenvalue weighted by Gasteiger charge is -2.46. The molecule has 1 fully saturated rings. The molecule has 0 aliphatic heterocycles. The van der Waals surface area contributed by atoms with Crippen molar-refractivity contribution < 1.29 is 26.6 Å². The van der Waals surface area contributed by atoms with Crippen molar-refractivity contribution in [2.24, 2.45) is 12.5 Å². The van der Waals surface area contributed by atoms with Crippen molar-refractivity contribution in [2.75, 3.05) is 6.54 Å². The van der Waals surface area contributed by atoms with Gasteiger partial charge in [0.1, 0.15) is 18.6 Å².